The predicted octanol–water partition coefficient (Wildman–Crippen LogP) is 1.40. The molecule has 2 fully saturated rings. The van der Waals surface area contributed by atoms with Gasteiger partial charge in [-0.25, -0.2) is 0 Å². The molecular weight excluding hydrogens is 330 g/mol. The van der Waals surface area contributed by atoms with Crippen LogP contribution in [0.5, 0.6) is 0 Å². The average molecular weight is 353 g/mol. The van der Waals surface area contributed by atoms with Crippen LogP contribution in [-0.4, -0.2) is 51.1 Å². The minimum Gasteiger partial charge on any atom is -0.341 e. The summed E-state index contributed by atoms with van der Waals surface area (Å²) >= 11 is 0. The fraction of sp³-hybridized carbons (Fsp3) is 0.474. The van der Waals surface area contributed by atoms with Crippen molar-refractivity contribution in [3.05, 3.63) is 42.5 Å². The Kier molecular flexibility index (Phi) is 4.22. The molecular formula is C19H23N5O2. The number of carbonyl (C=O) groups is 2. The van der Waals surface area contributed by atoms with Crippen molar-refractivity contribution < 1.29 is 9.59 Å². The second-order valence-electron chi connectivity index (χ2n) is 7.27. The lowest BCUT2D eigenvalue weighted by Crippen LogP contribution is -2.50. The molecule has 7 nitrogen and oxygen atoms in total. The summed E-state index contributed by atoms with van der Waals surface area (Å²) in [5.41, 5.74) is 1.16. The third kappa shape index (κ3) is 2.98. The van der Waals surface area contributed by atoms with Crippen molar-refractivity contribution in [3.63, 3.8) is 0 Å². The van der Waals surface area contributed by atoms with Crippen LogP contribution in [0.3, 0.4) is 0 Å². The smallest absolute Gasteiger partial charge is 0.235 e. The summed E-state index contributed by atoms with van der Waals surface area (Å²) < 4.78 is 1.70. The Bertz CT molecular complexity index is 818. The van der Waals surface area contributed by atoms with E-state index >= 15 is 0 Å². The maximum Gasteiger partial charge on any atom is 0.235 e. The Labute approximate surface area is 152 Å². The van der Waals surface area contributed by atoms with Crippen LogP contribution in [0, 0.1) is 5.41 Å². The van der Waals surface area contributed by atoms with Crippen molar-refractivity contribution in [2.75, 3.05) is 24.5 Å². The van der Waals surface area contributed by atoms with Gasteiger partial charge in [0.1, 0.15) is 0 Å². The van der Waals surface area contributed by atoms with Crippen LogP contribution >= 0.6 is 0 Å². The molecule has 0 bridgehead atoms. The molecule has 0 saturated carbocycles. The fourth-order valence-corrected chi connectivity index (χ4v) is 4.13. The number of carbonyl (C=O) groups excluding carboxylic acids is 2. The van der Waals surface area contributed by atoms with Crippen LogP contribution < -0.4 is 4.90 Å². The van der Waals surface area contributed by atoms with E-state index in [1.165, 1.54) is 0 Å². The summed E-state index contributed by atoms with van der Waals surface area (Å²) in [6, 6.07) is 5.62. The van der Waals surface area contributed by atoms with Gasteiger partial charge in [-0.05, 0) is 37.5 Å². The summed E-state index contributed by atoms with van der Waals surface area (Å²) in [7, 11) is 1.84. The normalized spacial score (nSPS) is 23.0. The van der Waals surface area contributed by atoms with E-state index in [4.69, 9.17) is 0 Å². The molecule has 4 heterocycles. The van der Waals surface area contributed by atoms with Gasteiger partial charge in [0.05, 0.1) is 29.4 Å². The summed E-state index contributed by atoms with van der Waals surface area (Å²) in [6.07, 6.45) is 8.05. The number of piperidine rings is 1. The molecule has 7 heteroatoms. The molecule has 2 aliphatic heterocycles. The van der Waals surface area contributed by atoms with Gasteiger partial charge in [-0.2, -0.15) is 5.10 Å². The Balaban J connectivity index is 1.48. The van der Waals surface area contributed by atoms with Crippen molar-refractivity contribution in [2.24, 2.45) is 12.5 Å². The molecule has 1 atom stereocenters. The number of rotatable bonds is 3. The molecule has 0 aliphatic carbocycles. The molecule has 2 aromatic rings. The SMILES string of the molecule is Cn1ccc(CC(=O)N2CCC[C@@]3(CCN(c4cccnc4)C3=O)C2)n1. The van der Waals surface area contributed by atoms with E-state index in [0.717, 1.165) is 30.6 Å². The van der Waals surface area contributed by atoms with Gasteiger partial charge in [0.15, 0.2) is 0 Å². The molecule has 0 N–H and O–H groups in total. The molecule has 0 aromatic carbocycles. The Morgan fingerprint density at radius 1 is 1.27 bits per heavy atom. The van der Waals surface area contributed by atoms with E-state index in [1.807, 2.05) is 41.2 Å². The highest BCUT2D eigenvalue weighted by Gasteiger charge is 2.50. The highest BCUT2D eigenvalue weighted by Crippen LogP contribution is 2.41. The quantitative estimate of drug-likeness (QED) is 0.836. The van der Waals surface area contributed by atoms with Crippen LogP contribution in [-0.2, 0) is 23.1 Å². The van der Waals surface area contributed by atoms with Crippen LogP contribution in [0.15, 0.2) is 36.8 Å². The number of aromatic nitrogens is 3. The number of anilines is 1. The van der Waals surface area contributed by atoms with Crippen LogP contribution in [0.25, 0.3) is 0 Å². The highest BCUT2D eigenvalue weighted by molar-refractivity contribution is 6.00. The van der Waals surface area contributed by atoms with Crippen molar-refractivity contribution >= 4 is 17.5 Å². The fourth-order valence-electron chi connectivity index (χ4n) is 4.13. The first-order valence-electron chi connectivity index (χ1n) is 9.06. The minimum absolute atomic E-state index is 0.0513. The van der Waals surface area contributed by atoms with Gasteiger partial charge in [-0.15, -0.1) is 0 Å². The first kappa shape index (κ1) is 16.8. The van der Waals surface area contributed by atoms with Gasteiger partial charge in [0.2, 0.25) is 11.8 Å². The number of hydrogen-bond acceptors (Lipinski definition) is 4. The van der Waals surface area contributed by atoms with Crippen LogP contribution in [0.2, 0.25) is 0 Å². The lowest BCUT2D eigenvalue weighted by atomic mass is 9.78. The summed E-state index contributed by atoms with van der Waals surface area (Å²) in [4.78, 5) is 33.7. The minimum atomic E-state index is -0.451. The monoisotopic (exact) mass is 353 g/mol. The number of likely N-dealkylation sites (tertiary alicyclic amines) is 1. The van der Waals surface area contributed by atoms with E-state index in [0.29, 0.717) is 19.6 Å². The Hall–Kier alpha value is -2.70. The maximum absolute atomic E-state index is 13.2. The summed E-state index contributed by atoms with van der Waals surface area (Å²) in [6.45, 7) is 1.91. The van der Waals surface area contributed by atoms with E-state index in [1.54, 1.807) is 17.1 Å². The number of hydrogen-bond donors (Lipinski definition) is 0. The van der Waals surface area contributed by atoms with Gasteiger partial charge >= 0.3 is 0 Å². The average Bonchev–Trinajstić information content (AvgIpc) is 3.20. The molecule has 136 valence electrons. The first-order valence-corrected chi connectivity index (χ1v) is 9.06. The van der Waals surface area contributed by atoms with Crippen molar-refractivity contribution in [1.29, 1.82) is 0 Å². The zero-order valence-electron chi connectivity index (χ0n) is 15.0. The van der Waals surface area contributed by atoms with Crippen molar-refractivity contribution in [2.45, 2.75) is 25.7 Å². The molecule has 2 amide bonds. The van der Waals surface area contributed by atoms with E-state index in [2.05, 4.69) is 10.1 Å². The predicted molar refractivity (Wildman–Crippen MR) is 96.4 cm³/mol. The second-order valence-corrected chi connectivity index (χ2v) is 7.27. The zero-order valence-corrected chi connectivity index (χ0v) is 15.0. The molecule has 2 aliphatic rings. The summed E-state index contributed by atoms with van der Waals surface area (Å²) in [5, 5.41) is 4.29. The van der Waals surface area contributed by atoms with E-state index < -0.39 is 5.41 Å². The number of pyridine rings is 1. The third-order valence-corrected chi connectivity index (χ3v) is 5.50. The zero-order chi connectivity index (χ0) is 18.1. The molecule has 1 spiro atoms. The van der Waals surface area contributed by atoms with Gasteiger partial charge in [0.25, 0.3) is 0 Å². The molecule has 2 aromatic heterocycles. The van der Waals surface area contributed by atoms with Crippen molar-refractivity contribution in [1.82, 2.24) is 19.7 Å². The van der Waals surface area contributed by atoms with Crippen LogP contribution in [0.1, 0.15) is 25.0 Å². The molecule has 26 heavy (non-hydrogen) atoms. The van der Waals surface area contributed by atoms with E-state index in [9.17, 15) is 9.59 Å². The van der Waals surface area contributed by atoms with Crippen molar-refractivity contribution in [3.8, 4) is 0 Å². The van der Waals surface area contributed by atoms with Gasteiger partial charge < -0.3 is 9.80 Å². The molecule has 0 unspecified atom stereocenters. The van der Waals surface area contributed by atoms with Gasteiger partial charge in [0, 0.05) is 39.1 Å². The maximum atomic E-state index is 13.2. The Morgan fingerprint density at radius 3 is 2.88 bits per heavy atom. The largest absolute Gasteiger partial charge is 0.341 e. The Morgan fingerprint density at radius 2 is 2.15 bits per heavy atom. The topological polar surface area (TPSA) is 71.3 Å². The first-order chi connectivity index (χ1) is 12.6. The van der Waals surface area contributed by atoms with Crippen LogP contribution in [0.4, 0.5) is 5.69 Å². The molecule has 0 radical (unpaired) electrons. The lowest BCUT2D eigenvalue weighted by Gasteiger charge is -2.39. The number of nitrogens with zero attached hydrogens (tertiary/aromatic N) is 5. The number of aryl methyl sites for hydroxylation is 1. The highest BCUT2D eigenvalue weighted by atomic mass is 16.2. The number of amides is 2. The standard InChI is InChI=1S/C19H23N5O2/c1-22-10-5-15(21-22)12-17(25)23-9-3-6-19(14-23)7-11-24(18(19)26)16-4-2-8-20-13-16/h2,4-5,8,10,13H,3,6-7,9,11-12,14H2,1H3/t19-/m1/s1. The molecule has 2 saturated heterocycles. The van der Waals surface area contributed by atoms with Gasteiger partial charge in [-0.3, -0.25) is 19.3 Å². The lowest BCUT2D eigenvalue weighted by molar-refractivity contribution is -0.138. The van der Waals surface area contributed by atoms with E-state index in [-0.39, 0.29) is 18.2 Å². The molecule has 4 rings (SSSR count). The third-order valence-electron chi connectivity index (χ3n) is 5.50. The van der Waals surface area contributed by atoms with Gasteiger partial charge in [-0.1, -0.05) is 0 Å². The second kappa shape index (κ2) is 6.55. The summed E-state index contributed by atoms with van der Waals surface area (Å²) in [5.74, 6) is 0.177.